The van der Waals surface area contributed by atoms with E-state index >= 15 is 0 Å². The second-order valence-corrected chi connectivity index (χ2v) is 5.18. The summed E-state index contributed by atoms with van der Waals surface area (Å²) in [6.07, 6.45) is 3.52. The van der Waals surface area contributed by atoms with Gasteiger partial charge < -0.3 is 4.57 Å². The molecule has 3 aromatic rings. The molecule has 0 N–H and O–H groups in total. The van der Waals surface area contributed by atoms with Crippen LogP contribution in [0.5, 0.6) is 0 Å². The van der Waals surface area contributed by atoms with Gasteiger partial charge in [0.2, 0.25) is 0 Å². The number of thioether (sulfide) groups is 1. The van der Waals surface area contributed by atoms with Crippen molar-refractivity contribution in [3.8, 4) is 0 Å². The summed E-state index contributed by atoms with van der Waals surface area (Å²) in [4.78, 5) is 8.67. The summed E-state index contributed by atoms with van der Waals surface area (Å²) in [5.41, 5.74) is 2.58. The lowest BCUT2D eigenvalue weighted by Crippen LogP contribution is -1.89. The number of halogens is 1. The number of hydrogen-bond donors (Lipinski definition) is 0. The van der Waals surface area contributed by atoms with Gasteiger partial charge in [0.15, 0.2) is 0 Å². The van der Waals surface area contributed by atoms with E-state index < -0.39 is 0 Å². The highest BCUT2D eigenvalue weighted by Gasteiger charge is 2.09. The van der Waals surface area contributed by atoms with Crippen molar-refractivity contribution >= 4 is 22.8 Å². The maximum Gasteiger partial charge on any atom is 0.127 e. The molecule has 0 unspecified atom stereocenters. The van der Waals surface area contributed by atoms with Gasteiger partial charge in [-0.05, 0) is 17.7 Å². The molecule has 3 nitrogen and oxygen atoms in total. The predicted molar refractivity (Wildman–Crippen MR) is 74.5 cm³/mol. The predicted octanol–water partition coefficient (Wildman–Crippen LogP) is 3.40. The molecular weight excluding hydrogens is 261 g/mol. The minimum Gasteiger partial charge on any atom is -0.334 e. The van der Waals surface area contributed by atoms with Crippen LogP contribution < -0.4 is 0 Å². The Morgan fingerprint density at radius 1 is 1.21 bits per heavy atom. The van der Waals surface area contributed by atoms with Crippen LogP contribution in [0.25, 0.3) is 11.0 Å². The number of aryl methyl sites for hydroxylation is 1. The summed E-state index contributed by atoms with van der Waals surface area (Å²) < 4.78 is 15.5. The van der Waals surface area contributed by atoms with Crippen molar-refractivity contribution < 1.29 is 4.39 Å². The van der Waals surface area contributed by atoms with Gasteiger partial charge in [0, 0.05) is 19.0 Å². The average Bonchev–Trinajstić information content (AvgIpc) is 2.81. The van der Waals surface area contributed by atoms with Crippen LogP contribution in [-0.4, -0.2) is 14.5 Å². The molecule has 0 aliphatic heterocycles. The number of imidazole rings is 1. The zero-order chi connectivity index (χ0) is 13.2. The van der Waals surface area contributed by atoms with Gasteiger partial charge in [-0.1, -0.05) is 30.0 Å². The third-order valence-corrected chi connectivity index (χ3v) is 3.96. The van der Waals surface area contributed by atoms with Crippen molar-refractivity contribution in [3.63, 3.8) is 0 Å². The second-order valence-electron chi connectivity index (χ2n) is 4.22. The highest BCUT2D eigenvalue weighted by Crippen LogP contribution is 2.27. The SMILES string of the molecule is Cn1cnc2c(SCc3ccccc3F)nccc21. The van der Waals surface area contributed by atoms with E-state index in [2.05, 4.69) is 9.97 Å². The monoisotopic (exact) mass is 273 g/mol. The molecule has 1 aromatic carbocycles. The fraction of sp³-hybridized carbons (Fsp3) is 0.143. The Labute approximate surface area is 114 Å². The summed E-state index contributed by atoms with van der Waals surface area (Å²) in [6, 6.07) is 8.73. The minimum atomic E-state index is -0.178. The quantitative estimate of drug-likeness (QED) is 0.685. The normalized spacial score (nSPS) is 11.1. The first kappa shape index (κ1) is 12.2. The van der Waals surface area contributed by atoms with Crippen molar-refractivity contribution in [2.24, 2.45) is 7.05 Å². The van der Waals surface area contributed by atoms with E-state index in [-0.39, 0.29) is 5.82 Å². The van der Waals surface area contributed by atoms with Crippen LogP contribution in [0.1, 0.15) is 5.56 Å². The van der Waals surface area contributed by atoms with Gasteiger partial charge in [-0.15, -0.1) is 0 Å². The third kappa shape index (κ3) is 2.33. The number of nitrogens with zero attached hydrogens (tertiary/aromatic N) is 3. The Bertz CT molecular complexity index is 724. The zero-order valence-corrected chi connectivity index (χ0v) is 11.2. The molecule has 0 aliphatic carbocycles. The molecule has 3 rings (SSSR count). The van der Waals surface area contributed by atoms with E-state index in [9.17, 15) is 4.39 Å². The molecule has 0 fully saturated rings. The lowest BCUT2D eigenvalue weighted by Gasteiger charge is -2.03. The maximum atomic E-state index is 13.6. The lowest BCUT2D eigenvalue weighted by atomic mass is 10.2. The molecule has 2 aromatic heterocycles. The third-order valence-electron chi connectivity index (χ3n) is 2.93. The largest absolute Gasteiger partial charge is 0.334 e. The molecular formula is C14H12FN3S. The van der Waals surface area contributed by atoms with E-state index in [0.717, 1.165) is 16.1 Å². The fourth-order valence-corrected chi connectivity index (χ4v) is 2.86. The molecule has 0 saturated carbocycles. The Hall–Kier alpha value is -1.88. The van der Waals surface area contributed by atoms with Crippen molar-refractivity contribution in [1.82, 2.24) is 14.5 Å². The molecule has 0 saturated heterocycles. The van der Waals surface area contributed by atoms with Crippen LogP contribution in [0.2, 0.25) is 0 Å². The number of aromatic nitrogens is 3. The van der Waals surface area contributed by atoms with Crippen LogP contribution in [0.3, 0.4) is 0 Å². The number of fused-ring (bicyclic) bond motifs is 1. The molecule has 96 valence electrons. The molecule has 0 amide bonds. The van der Waals surface area contributed by atoms with Crippen molar-refractivity contribution in [3.05, 3.63) is 54.2 Å². The Kier molecular flexibility index (Phi) is 3.21. The van der Waals surface area contributed by atoms with E-state index in [4.69, 9.17) is 0 Å². The van der Waals surface area contributed by atoms with E-state index in [1.54, 1.807) is 24.7 Å². The molecule has 0 spiro atoms. The molecule has 0 radical (unpaired) electrons. The zero-order valence-electron chi connectivity index (χ0n) is 10.4. The smallest absolute Gasteiger partial charge is 0.127 e. The van der Waals surface area contributed by atoms with Crippen LogP contribution in [0.15, 0.2) is 47.9 Å². The van der Waals surface area contributed by atoms with Crippen LogP contribution in [0.4, 0.5) is 4.39 Å². The maximum absolute atomic E-state index is 13.6. The van der Waals surface area contributed by atoms with Gasteiger partial charge >= 0.3 is 0 Å². The summed E-state index contributed by atoms with van der Waals surface area (Å²) >= 11 is 1.50. The summed E-state index contributed by atoms with van der Waals surface area (Å²) in [5.74, 6) is 0.373. The first-order valence-electron chi connectivity index (χ1n) is 5.88. The highest BCUT2D eigenvalue weighted by molar-refractivity contribution is 7.98. The summed E-state index contributed by atoms with van der Waals surface area (Å²) in [7, 11) is 1.95. The molecule has 2 heterocycles. The van der Waals surface area contributed by atoms with Gasteiger partial charge in [-0.2, -0.15) is 0 Å². The Morgan fingerprint density at radius 3 is 2.89 bits per heavy atom. The summed E-state index contributed by atoms with van der Waals surface area (Å²) in [5, 5.41) is 0.835. The fourth-order valence-electron chi connectivity index (χ4n) is 1.90. The van der Waals surface area contributed by atoms with Gasteiger partial charge in [0.05, 0.1) is 11.8 Å². The van der Waals surface area contributed by atoms with Crippen LogP contribution in [-0.2, 0) is 12.8 Å². The Morgan fingerprint density at radius 2 is 2.05 bits per heavy atom. The number of hydrogen-bond acceptors (Lipinski definition) is 3. The number of benzene rings is 1. The second kappa shape index (κ2) is 5.01. The van der Waals surface area contributed by atoms with Crippen molar-refractivity contribution in [1.29, 1.82) is 0 Å². The molecule has 0 bridgehead atoms. The topological polar surface area (TPSA) is 30.7 Å². The van der Waals surface area contributed by atoms with Gasteiger partial charge in [-0.3, -0.25) is 0 Å². The number of rotatable bonds is 3. The van der Waals surface area contributed by atoms with Gasteiger partial charge in [0.1, 0.15) is 16.4 Å². The van der Waals surface area contributed by atoms with E-state index in [0.29, 0.717) is 11.3 Å². The summed E-state index contributed by atoms with van der Waals surface area (Å²) in [6.45, 7) is 0. The molecule has 5 heteroatoms. The van der Waals surface area contributed by atoms with Crippen molar-refractivity contribution in [2.75, 3.05) is 0 Å². The van der Waals surface area contributed by atoms with E-state index in [1.807, 2.05) is 23.7 Å². The number of pyridine rings is 1. The van der Waals surface area contributed by atoms with Gasteiger partial charge in [0.25, 0.3) is 0 Å². The van der Waals surface area contributed by atoms with Gasteiger partial charge in [-0.25, -0.2) is 14.4 Å². The molecule has 19 heavy (non-hydrogen) atoms. The van der Waals surface area contributed by atoms with Crippen molar-refractivity contribution in [2.45, 2.75) is 10.8 Å². The molecule has 0 atom stereocenters. The minimum absolute atomic E-state index is 0.178. The van der Waals surface area contributed by atoms with Crippen LogP contribution in [0, 0.1) is 5.82 Å². The average molecular weight is 273 g/mol. The van der Waals surface area contributed by atoms with E-state index in [1.165, 1.54) is 17.8 Å². The first-order chi connectivity index (χ1) is 9.25. The highest BCUT2D eigenvalue weighted by atomic mass is 32.2. The van der Waals surface area contributed by atoms with Crippen LogP contribution >= 0.6 is 11.8 Å². The lowest BCUT2D eigenvalue weighted by molar-refractivity contribution is 0.617. The standard InChI is InChI=1S/C14H12FN3S/c1-18-9-17-13-12(18)6-7-16-14(13)19-8-10-4-2-3-5-11(10)15/h2-7,9H,8H2,1H3. The first-order valence-corrected chi connectivity index (χ1v) is 6.86. The Balaban J connectivity index is 1.88. The molecule has 0 aliphatic rings.